The first-order valence-corrected chi connectivity index (χ1v) is 4.20. The van der Waals surface area contributed by atoms with E-state index in [2.05, 4.69) is 0 Å². The smallest absolute Gasteiger partial charge is 0.165 e. The van der Waals surface area contributed by atoms with Crippen molar-refractivity contribution in [3.05, 3.63) is 24.3 Å². The molecule has 2 atom stereocenters. The van der Waals surface area contributed by atoms with E-state index in [9.17, 15) is 9.90 Å². The third-order valence-corrected chi connectivity index (χ3v) is 2.09. The van der Waals surface area contributed by atoms with Crippen LogP contribution in [0.2, 0.25) is 0 Å². The van der Waals surface area contributed by atoms with Crippen LogP contribution in [0.1, 0.15) is 20.3 Å². The van der Waals surface area contributed by atoms with E-state index >= 15 is 0 Å². The number of hydrogen-bond donors (Lipinski definition) is 1. The molecule has 0 amide bonds. The summed E-state index contributed by atoms with van der Waals surface area (Å²) >= 11 is 0. The highest BCUT2D eigenvalue weighted by Gasteiger charge is 2.36. The molecule has 0 fully saturated rings. The summed E-state index contributed by atoms with van der Waals surface area (Å²) in [6.45, 7) is 3.65. The maximum Gasteiger partial charge on any atom is 0.165 e. The molecule has 2 nitrogen and oxygen atoms in total. The van der Waals surface area contributed by atoms with Gasteiger partial charge in [-0.25, -0.2) is 0 Å². The third-order valence-electron chi connectivity index (χ3n) is 2.09. The fourth-order valence-corrected chi connectivity index (χ4v) is 1.31. The lowest BCUT2D eigenvalue weighted by molar-refractivity contribution is -0.119. The Hall–Kier alpha value is -0.890. The van der Waals surface area contributed by atoms with Gasteiger partial charge >= 0.3 is 0 Å². The van der Waals surface area contributed by atoms with Crippen molar-refractivity contribution < 1.29 is 9.90 Å². The fraction of sp³-hybridized carbons (Fsp3) is 0.500. The van der Waals surface area contributed by atoms with E-state index in [1.54, 1.807) is 19.1 Å². The summed E-state index contributed by atoms with van der Waals surface area (Å²) in [5.74, 6) is -0.387. The van der Waals surface area contributed by atoms with Crippen molar-refractivity contribution in [2.75, 3.05) is 0 Å². The van der Waals surface area contributed by atoms with E-state index < -0.39 is 5.60 Å². The first-order valence-electron chi connectivity index (χ1n) is 4.20. The average molecular weight is 166 g/mol. The van der Waals surface area contributed by atoms with Gasteiger partial charge < -0.3 is 5.11 Å². The van der Waals surface area contributed by atoms with Crippen LogP contribution in [-0.2, 0) is 4.79 Å². The van der Waals surface area contributed by atoms with Crippen molar-refractivity contribution in [2.24, 2.45) is 5.92 Å². The van der Waals surface area contributed by atoms with Gasteiger partial charge in [0.1, 0.15) is 0 Å². The molecule has 2 unspecified atom stereocenters. The molecule has 0 saturated heterocycles. The SMILES string of the molecule is CC/C=C\C1C(=O)C=CC1(C)O. The Morgan fingerprint density at radius 3 is 2.83 bits per heavy atom. The highest BCUT2D eigenvalue weighted by atomic mass is 16.3. The minimum absolute atomic E-state index is 0.00954. The predicted molar refractivity (Wildman–Crippen MR) is 47.7 cm³/mol. The highest BCUT2D eigenvalue weighted by Crippen LogP contribution is 2.27. The molecule has 12 heavy (non-hydrogen) atoms. The second-order valence-electron chi connectivity index (χ2n) is 3.28. The Kier molecular flexibility index (Phi) is 2.48. The second-order valence-corrected chi connectivity index (χ2v) is 3.28. The van der Waals surface area contributed by atoms with Crippen LogP contribution >= 0.6 is 0 Å². The zero-order chi connectivity index (χ0) is 9.19. The number of carbonyl (C=O) groups excluding carboxylic acids is 1. The number of hydrogen-bond acceptors (Lipinski definition) is 2. The largest absolute Gasteiger partial charge is 0.385 e. The first-order chi connectivity index (χ1) is 5.58. The van der Waals surface area contributed by atoms with Crippen LogP contribution < -0.4 is 0 Å². The molecule has 0 spiro atoms. The molecule has 0 saturated carbocycles. The highest BCUT2D eigenvalue weighted by molar-refractivity contribution is 5.97. The van der Waals surface area contributed by atoms with Gasteiger partial charge in [-0.15, -0.1) is 0 Å². The molecule has 0 aromatic rings. The molecule has 0 bridgehead atoms. The fourth-order valence-electron chi connectivity index (χ4n) is 1.31. The van der Waals surface area contributed by atoms with Gasteiger partial charge in [0.25, 0.3) is 0 Å². The quantitative estimate of drug-likeness (QED) is 0.630. The van der Waals surface area contributed by atoms with Gasteiger partial charge in [0.15, 0.2) is 5.78 Å². The summed E-state index contributed by atoms with van der Waals surface area (Å²) in [6.07, 6.45) is 7.58. The van der Waals surface area contributed by atoms with Crippen LogP contribution in [0.25, 0.3) is 0 Å². The Balaban J connectivity index is 2.76. The molecule has 1 aliphatic rings. The minimum Gasteiger partial charge on any atom is -0.385 e. The van der Waals surface area contributed by atoms with Crippen LogP contribution in [0.5, 0.6) is 0 Å². The van der Waals surface area contributed by atoms with Crippen LogP contribution in [0.15, 0.2) is 24.3 Å². The van der Waals surface area contributed by atoms with Gasteiger partial charge in [0.05, 0.1) is 11.5 Å². The van der Waals surface area contributed by atoms with Crippen molar-refractivity contribution in [3.63, 3.8) is 0 Å². The van der Waals surface area contributed by atoms with Gasteiger partial charge in [-0.3, -0.25) is 4.79 Å². The number of rotatable bonds is 2. The normalized spacial score (nSPS) is 35.2. The molecule has 0 aromatic carbocycles. The summed E-state index contributed by atoms with van der Waals surface area (Å²) in [7, 11) is 0. The van der Waals surface area contributed by atoms with Gasteiger partial charge in [-0.2, -0.15) is 0 Å². The Morgan fingerprint density at radius 2 is 2.42 bits per heavy atom. The molecule has 66 valence electrons. The maximum absolute atomic E-state index is 11.2. The van der Waals surface area contributed by atoms with E-state index in [1.165, 1.54) is 6.08 Å². The molecule has 1 N–H and O–H groups in total. The zero-order valence-electron chi connectivity index (χ0n) is 7.45. The topological polar surface area (TPSA) is 37.3 Å². The molecule has 1 aliphatic carbocycles. The molecule has 2 heteroatoms. The van der Waals surface area contributed by atoms with Crippen molar-refractivity contribution in [2.45, 2.75) is 25.9 Å². The second kappa shape index (κ2) is 3.23. The van der Waals surface area contributed by atoms with Crippen molar-refractivity contribution in [1.29, 1.82) is 0 Å². The van der Waals surface area contributed by atoms with Gasteiger partial charge in [-0.05, 0) is 25.5 Å². The zero-order valence-corrected chi connectivity index (χ0v) is 7.45. The molecule has 0 aliphatic heterocycles. The van der Waals surface area contributed by atoms with Crippen LogP contribution in [0.3, 0.4) is 0 Å². The van der Waals surface area contributed by atoms with E-state index in [0.717, 1.165) is 6.42 Å². The van der Waals surface area contributed by atoms with Crippen LogP contribution in [0.4, 0.5) is 0 Å². The van der Waals surface area contributed by atoms with Crippen LogP contribution in [-0.4, -0.2) is 16.5 Å². The summed E-state index contributed by atoms with van der Waals surface area (Å²) in [5.41, 5.74) is -0.983. The summed E-state index contributed by atoms with van der Waals surface area (Å²) < 4.78 is 0. The van der Waals surface area contributed by atoms with Crippen molar-refractivity contribution in [3.8, 4) is 0 Å². The molecule has 1 rings (SSSR count). The van der Waals surface area contributed by atoms with Gasteiger partial charge in [0.2, 0.25) is 0 Å². The number of aliphatic hydroxyl groups is 1. The first kappa shape index (κ1) is 9.20. The number of allylic oxidation sites excluding steroid dienone is 2. The lowest BCUT2D eigenvalue weighted by Crippen LogP contribution is -2.30. The Morgan fingerprint density at radius 1 is 1.75 bits per heavy atom. The lowest BCUT2D eigenvalue weighted by Gasteiger charge is -2.20. The molecule has 0 heterocycles. The van der Waals surface area contributed by atoms with E-state index in [-0.39, 0.29) is 11.7 Å². The number of carbonyl (C=O) groups is 1. The predicted octanol–water partition coefficient (Wildman–Crippen LogP) is 1.46. The van der Waals surface area contributed by atoms with Crippen LogP contribution in [0, 0.1) is 5.92 Å². The maximum atomic E-state index is 11.2. The molecule has 0 aromatic heterocycles. The summed E-state index contributed by atoms with van der Waals surface area (Å²) in [4.78, 5) is 11.2. The van der Waals surface area contributed by atoms with Crippen molar-refractivity contribution in [1.82, 2.24) is 0 Å². The number of ketones is 1. The summed E-state index contributed by atoms with van der Waals surface area (Å²) in [5, 5.41) is 9.69. The Bertz CT molecular complexity index is 236. The average Bonchev–Trinajstić information content (AvgIpc) is 2.24. The summed E-state index contributed by atoms with van der Waals surface area (Å²) in [6, 6.07) is 0. The monoisotopic (exact) mass is 166 g/mol. The van der Waals surface area contributed by atoms with Crippen molar-refractivity contribution >= 4 is 5.78 Å². The minimum atomic E-state index is -0.983. The standard InChI is InChI=1S/C10H14O2/c1-3-4-5-8-9(11)6-7-10(8,2)12/h4-8,12H,3H2,1-2H3/b5-4-. The van der Waals surface area contributed by atoms with E-state index in [0.29, 0.717) is 0 Å². The molecule has 0 radical (unpaired) electrons. The van der Waals surface area contributed by atoms with E-state index in [1.807, 2.05) is 13.0 Å². The third kappa shape index (κ3) is 1.64. The molecular formula is C10H14O2. The molecular weight excluding hydrogens is 152 g/mol. The lowest BCUT2D eigenvalue weighted by atomic mass is 9.91. The van der Waals surface area contributed by atoms with Gasteiger partial charge in [0, 0.05) is 0 Å². The van der Waals surface area contributed by atoms with Gasteiger partial charge in [-0.1, -0.05) is 19.1 Å². The Labute approximate surface area is 72.6 Å². The van der Waals surface area contributed by atoms with E-state index in [4.69, 9.17) is 0 Å².